The molecule has 1 heterocycles. The number of nitrogens with one attached hydrogen (secondary N) is 1. The van der Waals surface area contributed by atoms with Crippen LogP contribution >= 0.6 is 0 Å². The Morgan fingerprint density at radius 3 is 2.87 bits per heavy atom. The molecule has 4 nitrogen and oxygen atoms in total. The van der Waals surface area contributed by atoms with Gasteiger partial charge in [-0.15, -0.1) is 0 Å². The molecule has 1 fully saturated rings. The van der Waals surface area contributed by atoms with Crippen LogP contribution in [0.3, 0.4) is 0 Å². The lowest BCUT2D eigenvalue weighted by molar-refractivity contribution is -0.138. The fraction of sp³-hybridized carbons (Fsp3) is 0.909. The molecule has 0 radical (unpaired) electrons. The van der Waals surface area contributed by atoms with E-state index in [0.29, 0.717) is 19.6 Å². The van der Waals surface area contributed by atoms with E-state index >= 15 is 0 Å². The van der Waals surface area contributed by atoms with Crippen LogP contribution in [0, 0.1) is 0 Å². The lowest BCUT2D eigenvalue weighted by Gasteiger charge is -2.42. The number of rotatable bonds is 4. The zero-order chi connectivity index (χ0) is 11.3. The lowest BCUT2D eigenvalue weighted by atomic mass is 10.00. The molecule has 4 heteroatoms. The van der Waals surface area contributed by atoms with Crippen LogP contribution in [0.1, 0.15) is 27.2 Å². The number of carbonyl (C=O) groups is 1. The van der Waals surface area contributed by atoms with Crippen LogP contribution in [0.25, 0.3) is 0 Å². The molecular formula is C11H22N2O2. The predicted molar refractivity (Wildman–Crippen MR) is 59.8 cm³/mol. The van der Waals surface area contributed by atoms with Gasteiger partial charge in [-0.05, 0) is 20.8 Å². The number of carbonyl (C=O) groups excluding carboxylic acids is 1. The van der Waals surface area contributed by atoms with Crippen LogP contribution in [0.2, 0.25) is 0 Å². The summed E-state index contributed by atoms with van der Waals surface area (Å²) in [5, 5.41) is 3.30. The van der Waals surface area contributed by atoms with Gasteiger partial charge >= 0.3 is 0 Å². The molecule has 1 N–H and O–H groups in total. The maximum atomic E-state index is 11.9. The first-order valence-corrected chi connectivity index (χ1v) is 5.67. The van der Waals surface area contributed by atoms with Crippen molar-refractivity contribution >= 4 is 5.91 Å². The molecule has 1 saturated heterocycles. The second-order valence-corrected chi connectivity index (χ2v) is 4.48. The molecule has 0 saturated carbocycles. The molecule has 0 unspecified atom stereocenters. The Morgan fingerprint density at radius 2 is 2.27 bits per heavy atom. The van der Waals surface area contributed by atoms with E-state index in [0.717, 1.165) is 19.6 Å². The zero-order valence-corrected chi connectivity index (χ0v) is 10.0. The second-order valence-electron chi connectivity index (χ2n) is 4.48. The minimum atomic E-state index is -0.0679. The van der Waals surface area contributed by atoms with Crippen molar-refractivity contribution in [3.8, 4) is 0 Å². The number of nitrogens with zero attached hydrogens (tertiary/aromatic N) is 1. The standard InChI is InChI=1S/C11H22N2O2/c1-4-15-8-5-10(14)13-7-6-12-9-11(13,2)3/h12H,4-9H2,1-3H3. The summed E-state index contributed by atoms with van der Waals surface area (Å²) in [6.07, 6.45) is 0.497. The van der Waals surface area contributed by atoms with Gasteiger partial charge in [0.05, 0.1) is 13.0 Å². The normalized spacial score (nSPS) is 20.3. The van der Waals surface area contributed by atoms with E-state index < -0.39 is 0 Å². The highest BCUT2D eigenvalue weighted by Gasteiger charge is 2.32. The fourth-order valence-corrected chi connectivity index (χ4v) is 1.88. The van der Waals surface area contributed by atoms with Gasteiger partial charge < -0.3 is 15.0 Å². The van der Waals surface area contributed by atoms with Crippen LogP contribution in [0.5, 0.6) is 0 Å². The highest BCUT2D eigenvalue weighted by molar-refractivity contribution is 5.77. The van der Waals surface area contributed by atoms with Crippen molar-refractivity contribution in [1.82, 2.24) is 10.2 Å². The molecule has 0 spiro atoms. The highest BCUT2D eigenvalue weighted by Crippen LogP contribution is 2.17. The van der Waals surface area contributed by atoms with Gasteiger partial charge in [-0.3, -0.25) is 4.79 Å². The first-order valence-electron chi connectivity index (χ1n) is 5.67. The van der Waals surface area contributed by atoms with Gasteiger partial charge in [-0.25, -0.2) is 0 Å². The van der Waals surface area contributed by atoms with E-state index in [1.165, 1.54) is 0 Å². The van der Waals surface area contributed by atoms with Gasteiger partial charge in [0.25, 0.3) is 0 Å². The summed E-state index contributed by atoms with van der Waals surface area (Å²) >= 11 is 0. The largest absolute Gasteiger partial charge is 0.381 e. The SMILES string of the molecule is CCOCCC(=O)N1CCNCC1(C)C. The average molecular weight is 214 g/mol. The Bertz CT molecular complexity index is 217. The molecule has 15 heavy (non-hydrogen) atoms. The number of amides is 1. The first kappa shape index (κ1) is 12.5. The third-order valence-corrected chi connectivity index (χ3v) is 2.77. The topological polar surface area (TPSA) is 41.6 Å². The van der Waals surface area contributed by atoms with Crippen LogP contribution in [-0.2, 0) is 9.53 Å². The second kappa shape index (κ2) is 5.47. The van der Waals surface area contributed by atoms with E-state index in [4.69, 9.17) is 4.74 Å². The summed E-state index contributed by atoms with van der Waals surface area (Å²) in [4.78, 5) is 13.9. The molecule has 1 aliphatic heterocycles. The molecule has 0 aromatic carbocycles. The van der Waals surface area contributed by atoms with Crippen molar-refractivity contribution in [2.45, 2.75) is 32.7 Å². The molecular weight excluding hydrogens is 192 g/mol. The van der Waals surface area contributed by atoms with Crippen molar-refractivity contribution in [3.05, 3.63) is 0 Å². The van der Waals surface area contributed by atoms with Gasteiger partial charge in [-0.2, -0.15) is 0 Å². The molecule has 0 aromatic rings. The van der Waals surface area contributed by atoms with E-state index in [1.54, 1.807) is 0 Å². The molecule has 88 valence electrons. The summed E-state index contributed by atoms with van der Waals surface area (Å²) < 4.78 is 5.20. The lowest BCUT2D eigenvalue weighted by Crippen LogP contribution is -2.59. The van der Waals surface area contributed by atoms with Gasteiger partial charge in [-0.1, -0.05) is 0 Å². The minimum Gasteiger partial charge on any atom is -0.381 e. The maximum absolute atomic E-state index is 11.9. The van der Waals surface area contributed by atoms with Gasteiger partial charge in [0.15, 0.2) is 0 Å². The van der Waals surface area contributed by atoms with Crippen LogP contribution < -0.4 is 5.32 Å². The number of hydrogen-bond donors (Lipinski definition) is 1. The molecule has 0 aromatic heterocycles. The number of hydrogen-bond acceptors (Lipinski definition) is 3. The smallest absolute Gasteiger partial charge is 0.225 e. The van der Waals surface area contributed by atoms with Crippen molar-refractivity contribution < 1.29 is 9.53 Å². The van der Waals surface area contributed by atoms with Crippen molar-refractivity contribution in [2.75, 3.05) is 32.8 Å². The fourth-order valence-electron chi connectivity index (χ4n) is 1.88. The highest BCUT2D eigenvalue weighted by atomic mass is 16.5. The third kappa shape index (κ3) is 3.47. The van der Waals surface area contributed by atoms with Crippen molar-refractivity contribution in [3.63, 3.8) is 0 Å². The summed E-state index contributed by atoms with van der Waals surface area (Å²) in [6, 6.07) is 0. The summed E-state index contributed by atoms with van der Waals surface area (Å²) in [7, 11) is 0. The van der Waals surface area contributed by atoms with Crippen LogP contribution in [-0.4, -0.2) is 49.2 Å². The Morgan fingerprint density at radius 1 is 1.53 bits per heavy atom. The van der Waals surface area contributed by atoms with Crippen molar-refractivity contribution in [1.29, 1.82) is 0 Å². The molecule has 1 rings (SSSR count). The van der Waals surface area contributed by atoms with E-state index in [1.807, 2.05) is 11.8 Å². The molecule has 1 aliphatic rings. The van der Waals surface area contributed by atoms with Gasteiger partial charge in [0.1, 0.15) is 0 Å². The Balaban J connectivity index is 2.42. The average Bonchev–Trinajstić information content (AvgIpc) is 2.17. The third-order valence-electron chi connectivity index (χ3n) is 2.77. The van der Waals surface area contributed by atoms with E-state index in [-0.39, 0.29) is 11.4 Å². The number of ether oxygens (including phenoxy) is 1. The Hall–Kier alpha value is -0.610. The van der Waals surface area contributed by atoms with E-state index in [9.17, 15) is 4.79 Å². The maximum Gasteiger partial charge on any atom is 0.225 e. The Kier molecular flexibility index (Phi) is 4.54. The van der Waals surface area contributed by atoms with Gasteiger partial charge in [0, 0.05) is 31.8 Å². The van der Waals surface area contributed by atoms with Crippen molar-refractivity contribution in [2.24, 2.45) is 0 Å². The van der Waals surface area contributed by atoms with E-state index in [2.05, 4.69) is 19.2 Å². The quantitative estimate of drug-likeness (QED) is 0.698. The van der Waals surface area contributed by atoms with Crippen LogP contribution in [0.15, 0.2) is 0 Å². The first-order chi connectivity index (χ1) is 7.08. The summed E-state index contributed by atoms with van der Waals surface area (Å²) in [5.41, 5.74) is -0.0679. The molecule has 1 amide bonds. The summed E-state index contributed by atoms with van der Waals surface area (Å²) in [6.45, 7) is 9.91. The summed E-state index contributed by atoms with van der Waals surface area (Å²) in [5.74, 6) is 0.204. The molecule has 0 aliphatic carbocycles. The number of piperazine rings is 1. The molecule has 0 atom stereocenters. The van der Waals surface area contributed by atoms with Crippen LogP contribution in [0.4, 0.5) is 0 Å². The minimum absolute atomic E-state index is 0.0679. The van der Waals surface area contributed by atoms with Gasteiger partial charge in [0.2, 0.25) is 5.91 Å². The predicted octanol–water partition coefficient (Wildman–Crippen LogP) is 0.623. The molecule has 0 bridgehead atoms. The monoisotopic (exact) mass is 214 g/mol. The zero-order valence-electron chi connectivity index (χ0n) is 10.0. The Labute approximate surface area is 92.0 Å².